The van der Waals surface area contributed by atoms with E-state index in [0.717, 1.165) is 37.6 Å². The third kappa shape index (κ3) is 9.13. The summed E-state index contributed by atoms with van der Waals surface area (Å²) in [5, 5.41) is 21.3. The fraction of sp³-hybridized carbons (Fsp3) is 0.286. The molecule has 23 heavy (non-hydrogen) atoms. The monoisotopic (exact) mass is 616 g/mol. The van der Waals surface area contributed by atoms with Crippen molar-refractivity contribution < 1.29 is 151 Å². The topological polar surface area (TPSA) is 86.6 Å². The van der Waals surface area contributed by atoms with E-state index in [2.05, 4.69) is 11.4 Å². The summed E-state index contributed by atoms with van der Waals surface area (Å²) in [5.41, 5.74) is 0.600. The van der Waals surface area contributed by atoms with Crippen LogP contribution >= 0.6 is 0 Å². The van der Waals surface area contributed by atoms with E-state index in [4.69, 9.17) is 5.11 Å². The Morgan fingerprint density at radius 2 is 1.70 bits per heavy atom. The van der Waals surface area contributed by atoms with Gasteiger partial charge in [0.25, 0.3) is 0 Å². The molecule has 114 valence electrons. The minimum Gasteiger partial charge on any atom is -0.584 e. The summed E-state index contributed by atoms with van der Waals surface area (Å²) < 4.78 is 0. The molecule has 0 bridgehead atoms. The second-order valence-electron chi connectivity index (χ2n) is 4.41. The van der Waals surface area contributed by atoms with Gasteiger partial charge in [0.05, 0.1) is 0 Å². The maximum absolute atomic E-state index is 10.8. The quantitative estimate of drug-likeness (QED) is 0.356. The Kier molecular flexibility index (Phi) is 20.0. The molecule has 3 N–H and O–H groups in total. The molecule has 1 aliphatic carbocycles. The van der Waals surface area contributed by atoms with E-state index in [1.165, 1.54) is 6.07 Å². The van der Waals surface area contributed by atoms with Gasteiger partial charge in [-0.3, -0.25) is 4.79 Å². The van der Waals surface area contributed by atoms with Crippen LogP contribution < -0.4 is 5.32 Å². The SMILES string of the molecule is O=CN[C-]1CC[C-](c2ccc(C(=O)O)[c-]c2O)CC1.[Y].[Y].[Y].[Y]. The summed E-state index contributed by atoms with van der Waals surface area (Å²) in [4.78, 5) is 21.1. The maximum Gasteiger partial charge on any atom is 0.245 e. The molecular weight excluding hydrogens is 602 g/mol. The van der Waals surface area contributed by atoms with Crippen molar-refractivity contribution in [1.82, 2.24) is 5.32 Å². The normalized spacial score (nSPS) is 13.3. The van der Waals surface area contributed by atoms with Crippen LogP contribution in [-0.4, -0.2) is 22.6 Å². The molecule has 0 aromatic heterocycles. The van der Waals surface area contributed by atoms with Crippen LogP contribution in [0.2, 0.25) is 0 Å². The van der Waals surface area contributed by atoms with Crippen LogP contribution in [0.25, 0.3) is 0 Å². The fourth-order valence-corrected chi connectivity index (χ4v) is 2.24. The molecule has 9 heteroatoms. The molecule has 1 aromatic rings. The molecule has 0 spiro atoms. The van der Waals surface area contributed by atoms with E-state index in [1.54, 1.807) is 6.07 Å². The van der Waals surface area contributed by atoms with Crippen LogP contribution in [-0.2, 0) is 136 Å². The van der Waals surface area contributed by atoms with Crippen molar-refractivity contribution in [2.24, 2.45) is 0 Å². The second-order valence-corrected chi connectivity index (χ2v) is 4.41. The van der Waals surface area contributed by atoms with Gasteiger partial charge in [-0.05, 0) is 0 Å². The van der Waals surface area contributed by atoms with Gasteiger partial charge in [0.2, 0.25) is 5.97 Å². The maximum atomic E-state index is 10.8. The zero-order valence-electron chi connectivity index (χ0n) is 12.6. The molecule has 5 nitrogen and oxygen atoms in total. The van der Waals surface area contributed by atoms with Crippen molar-refractivity contribution in [3.63, 3.8) is 0 Å². The van der Waals surface area contributed by atoms with Crippen LogP contribution in [0.4, 0.5) is 0 Å². The molecule has 1 fully saturated rings. The Morgan fingerprint density at radius 3 is 2.13 bits per heavy atom. The van der Waals surface area contributed by atoms with Gasteiger partial charge in [-0.15, -0.1) is 12.8 Å². The molecule has 4 radical (unpaired) electrons. The first-order valence-electron chi connectivity index (χ1n) is 6.00. The number of amides is 1. The zero-order chi connectivity index (χ0) is 13.8. The number of carbonyl (C=O) groups excluding carboxylic acids is 1. The smallest absolute Gasteiger partial charge is 0.245 e. The molecule has 1 aliphatic rings. The molecule has 0 heterocycles. The average molecular weight is 616 g/mol. The third-order valence-electron chi connectivity index (χ3n) is 3.26. The Morgan fingerprint density at radius 1 is 1.13 bits per heavy atom. The number of phenols is 1. The molecule has 2 rings (SSSR count). The number of phenolic OH excluding ortho intramolecular Hbond substituents is 1. The number of aromatic hydroxyl groups is 1. The predicted molar refractivity (Wildman–Crippen MR) is 67.2 cm³/mol. The number of nitrogens with one attached hydrogen (secondary N) is 1. The van der Waals surface area contributed by atoms with Crippen molar-refractivity contribution in [3.8, 4) is 5.75 Å². The summed E-state index contributed by atoms with van der Waals surface area (Å²) in [6, 6.07) is 6.51. The Bertz CT molecular complexity index is 494. The number of aromatic carboxylic acids is 1. The molecule has 0 aliphatic heterocycles. The summed E-state index contributed by atoms with van der Waals surface area (Å²) >= 11 is 0. The number of hydrogen-bond acceptors (Lipinski definition) is 3. The van der Waals surface area contributed by atoms with E-state index in [1.807, 2.05) is 0 Å². The molecule has 0 atom stereocenters. The number of carbonyl (C=O) groups is 2. The van der Waals surface area contributed by atoms with E-state index >= 15 is 0 Å². The van der Waals surface area contributed by atoms with Gasteiger partial charge >= 0.3 is 0 Å². The standard InChI is InChI=1S/C14H14NO4.4Y/c16-8-15-11-4-1-9(2-5-11)12-6-3-10(14(18)19)7-13(12)17;;;;/h3,6,8,17H,1-2,4-5H2,(H,15,16)(H,18,19);;;;/q-3;;;;. The summed E-state index contributed by atoms with van der Waals surface area (Å²) in [6.07, 6.45) is 3.64. The first-order chi connectivity index (χ1) is 9.11. The number of hydrogen-bond donors (Lipinski definition) is 3. The van der Waals surface area contributed by atoms with Crippen molar-refractivity contribution in [1.29, 1.82) is 0 Å². The number of carboxylic acid groups (broad SMARTS) is 1. The predicted octanol–water partition coefficient (Wildman–Crippen LogP) is 1.66. The van der Waals surface area contributed by atoms with Gasteiger partial charge in [-0.25, -0.2) is 23.6 Å². The van der Waals surface area contributed by atoms with E-state index in [9.17, 15) is 14.7 Å². The number of benzene rings is 1. The van der Waals surface area contributed by atoms with E-state index in [-0.39, 0.29) is 142 Å². The molecule has 1 saturated carbocycles. The zero-order valence-corrected chi connectivity index (χ0v) is 23.9. The van der Waals surface area contributed by atoms with Crippen LogP contribution in [0.3, 0.4) is 0 Å². The van der Waals surface area contributed by atoms with Crippen molar-refractivity contribution in [2.45, 2.75) is 25.7 Å². The van der Waals surface area contributed by atoms with Gasteiger partial charge < -0.3 is 20.3 Å². The second kappa shape index (κ2) is 15.3. The minimum atomic E-state index is -1.11. The van der Waals surface area contributed by atoms with E-state index in [0.29, 0.717) is 12.0 Å². The summed E-state index contributed by atoms with van der Waals surface area (Å²) in [7, 11) is 0. The van der Waals surface area contributed by atoms with E-state index < -0.39 is 5.97 Å². The molecule has 1 aromatic carbocycles. The van der Waals surface area contributed by atoms with Gasteiger partial charge in [0.1, 0.15) is 0 Å². The molecular formula is C14H14NO4Y4-3. The first-order valence-corrected chi connectivity index (χ1v) is 6.00. The van der Waals surface area contributed by atoms with Crippen LogP contribution in [0, 0.1) is 18.0 Å². The fourth-order valence-electron chi connectivity index (χ4n) is 2.24. The first kappa shape index (κ1) is 30.0. The molecule has 0 saturated heterocycles. The number of rotatable bonds is 4. The Balaban J connectivity index is -0.000001000. The van der Waals surface area contributed by atoms with Gasteiger partial charge in [-0.2, -0.15) is 25.0 Å². The summed E-state index contributed by atoms with van der Waals surface area (Å²) in [5.74, 6) is -0.176. The Labute approximate surface area is 236 Å². The Hall–Kier alpha value is 2.25. The number of carboxylic acids is 1. The van der Waals surface area contributed by atoms with Crippen LogP contribution in [0.15, 0.2) is 12.1 Å². The third-order valence-corrected chi connectivity index (χ3v) is 3.26. The van der Waals surface area contributed by atoms with Gasteiger partial charge in [0.15, 0.2) is 6.41 Å². The van der Waals surface area contributed by atoms with Crippen LogP contribution in [0.1, 0.15) is 41.6 Å². The molecule has 0 unspecified atom stereocenters. The van der Waals surface area contributed by atoms with Crippen molar-refractivity contribution >= 4 is 12.4 Å². The average Bonchev–Trinajstić information content (AvgIpc) is 2.40. The summed E-state index contributed by atoms with van der Waals surface area (Å²) in [6.45, 7) is 0. The minimum absolute atomic E-state index is 0. The molecule has 1 amide bonds. The van der Waals surface area contributed by atoms with Gasteiger partial charge in [-0.1, -0.05) is 11.3 Å². The van der Waals surface area contributed by atoms with Gasteiger partial charge in [0, 0.05) is 131 Å². The van der Waals surface area contributed by atoms with Crippen LogP contribution in [0.5, 0.6) is 5.75 Å². The van der Waals surface area contributed by atoms with Crippen molar-refractivity contribution in [2.75, 3.05) is 0 Å². The van der Waals surface area contributed by atoms with Crippen molar-refractivity contribution in [3.05, 3.63) is 41.3 Å². The largest absolute Gasteiger partial charge is 0.584 e.